The van der Waals surface area contributed by atoms with E-state index >= 15 is 0 Å². The highest BCUT2D eigenvalue weighted by Gasteiger charge is 2.21. The number of aliphatic imine (C=N–C) groups is 1. The zero-order valence-corrected chi connectivity index (χ0v) is 18.1. The van der Waals surface area contributed by atoms with Crippen molar-refractivity contribution in [2.45, 2.75) is 77.7 Å². The summed E-state index contributed by atoms with van der Waals surface area (Å²) in [5.74, 6) is 2.09. The first-order valence-corrected chi connectivity index (χ1v) is 9.98. The molecule has 5 heteroatoms. The van der Waals surface area contributed by atoms with Crippen LogP contribution in [0.25, 0.3) is 0 Å². The third-order valence-corrected chi connectivity index (χ3v) is 5.24. The minimum atomic E-state index is 0. The van der Waals surface area contributed by atoms with E-state index in [1.807, 2.05) is 0 Å². The van der Waals surface area contributed by atoms with Crippen LogP contribution in [0.4, 0.5) is 0 Å². The Labute approximate surface area is 166 Å². The van der Waals surface area contributed by atoms with Crippen molar-refractivity contribution in [3.63, 3.8) is 0 Å². The zero-order valence-electron chi connectivity index (χ0n) is 15.8. The van der Waals surface area contributed by atoms with Crippen LogP contribution in [0.2, 0.25) is 0 Å². The molecule has 1 N–H and O–H groups in total. The smallest absolute Gasteiger partial charge is 0.193 e. The van der Waals surface area contributed by atoms with Crippen LogP contribution < -0.4 is 5.32 Å². The number of hydrogen-bond donors (Lipinski definition) is 1. The van der Waals surface area contributed by atoms with E-state index in [1.165, 1.54) is 44.9 Å². The van der Waals surface area contributed by atoms with Gasteiger partial charge in [-0.05, 0) is 45.4 Å². The first-order chi connectivity index (χ1) is 11.3. The molecule has 2 rings (SSSR count). The number of ether oxygens (including phenoxy) is 1. The van der Waals surface area contributed by atoms with Crippen molar-refractivity contribution in [2.75, 3.05) is 32.8 Å². The monoisotopic (exact) mass is 451 g/mol. The first-order valence-electron chi connectivity index (χ1n) is 9.98. The number of rotatable bonds is 7. The normalized spacial score (nSPS) is 20.8. The van der Waals surface area contributed by atoms with E-state index in [9.17, 15) is 0 Å². The van der Waals surface area contributed by atoms with Gasteiger partial charge in [0, 0.05) is 32.8 Å². The first kappa shape index (κ1) is 22.0. The van der Waals surface area contributed by atoms with Crippen molar-refractivity contribution >= 4 is 29.9 Å². The summed E-state index contributed by atoms with van der Waals surface area (Å²) in [4.78, 5) is 7.30. The van der Waals surface area contributed by atoms with Gasteiger partial charge in [-0.2, -0.15) is 0 Å². The molecule has 0 spiro atoms. The van der Waals surface area contributed by atoms with Gasteiger partial charge in [0.25, 0.3) is 0 Å². The molecule has 24 heavy (non-hydrogen) atoms. The maximum Gasteiger partial charge on any atom is 0.193 e. The third-order valence-electron chi connectivity index (χ3n) is 5.24. The standard InChI is InChI=1S/C19H37N3O.HI/c1-3-20-19(22-15-12-18(13-16-22)23-4-2)21-14-8-11-17-9-6-5-7-10-17;/h17-18H,3-16H2,1-2H3,(H,20,21);1H. The number of piperidine rings is 1. The van der Waals surface area contributed by atoms with Gasteiger partial charge in [-0.3, -0.25) is 4.99 Å². The summed E-state index contributed by atoms with van der Waals surface area (Å²) in [7, 11) is 0. The summed E-state index contributed by atoms with van der Waals surface area (Å²) in [5, 5.41) is 3.47. The van der Waals surface area contributed by atoms with Crippen molar-refractivity contribution in [3.05, 3.63) is 0 Å². The maximum absolute atomic E-state index is 5.75. The SMILES string of the molecule is CCNC(=NCCCC1CCCCC1)N1CCC(OCC)CC1.I. The average Bonchev–Trinajstić information content (AvgIpc) is 2.60. The van der Waals surface area contributed by atoms with E-state index in [0.717, 1.165) is 57.5 Å². The van der Waals surface area contributed by atoms with Crippen LogP contribution in [0.3, 0.4) is 0 Å². The number of hydrogen-bond acceptors (Lipinski definition) is 2. The topological polar surface area (TPSA) is 36.9 Å². The molecule has 142 valence electrons. The van der Waals surface area contributed by atoms with E-state index in [-0.39, 0.29) is 24.0 Å². The van der Waals surface area contributed by atoms with Crippen molar-refractivity contribution < 1.29 is 4.74 Å². The summed E-state index contributed by atoms with van der Waals surface area (Å²) in [5.41, 5.74) is 0. The average molecular weight is 451 g/mol. The Kier molecular flexibility index (Phi) is 12.1. The summed E-state index contributed by atoms with van der Waals surface area (Å²) in [6.45, 7) is 9.14. The van der Waals surface area contributed by atoms with Gasteiger partial charge in [-0.15, -0.1) is 24.0 Å². The van der Waals surface area contributed by atoms with Gasteiger partial charge >= 0.3 is 0 Å². The molecule has 0 radical (unpaired) electrons. The molecular formula is C19H38IN3O. The lowest BCUT2D eigenvalue weighted by atomic mass is 9.86. The molecule has 1 aliphatic heterocycles. The Morgan fingerprint density at radius 3 is 2.42 bits per heavy atom. The fourth-order valence-electron chi connectivity index (χ4n) is 3.94. The van der Waals surface area contributed by atoms with Crippen LogP contribution in [0.15, 0.2) is 4.99 Å². The molecular weight excluding hydrogens is 413 g/mol. The molecule has 0 aromatic heterocycles. The molecule has 1 heterocycles. The maximum atomic E-state index is 5.75. The molecule has 0 unspecified atom stereocenters. The van der Waals surface area contributed by atoms with Crippen LogP contribution in [0.1, 0.15) is 71.6 Å². The van der Waals surface area contributed by atoms with Crippen LogP contribution in [0.5, 0.6) is 0 Å². The highest BCUT2D eigenvalue weighted by molar-refractivity contribution is 14.0. The summed E-state index contributed by atoms with van der Waals surface area (Å²) in [6.07, 6.45) is 12.6. The Hall–Kier alpha value is -0.0400. The number of halogens is 1. The minimum absolute atomic E-state index is 0. The molecule has 1 saturated carbocycles. The predicted octanol–water partition coefficient (Wildman–Crippen LogP) is 4.43. The van der Waals surface area contributed by atoms with Crippen molar-refractivity contribution in [1.82, 2.24) is 10.2 Å². The number of nitrogens with zero attached hydrogens (tertiary/aromatic N) is 2. The van der Waals surface area contributed by atoms with Crippen molar-refractivity contribution in [1.29, 1.82) is 0 Å². The molecule has 0 aromatic rings. The lowest BCUT2D eigenvalue weighted by Crippen LogP contribution is -2.47. The highest BCUT2D eigenvalue weighted by Crippen LogP contribution is 2.27. The van der Waals surface area contributed by atoms with Gasteiger partial charge < -0.3 is 15.0 Å². The van der Waals surface area contributed by atoms with Gasteiger partial charge in [0.15, 0.2) is 5.96 Å². The quantitative estimate of drug-likeness (QED) is 0.269. The predicted molar refractivity (Wildman–Crippen MR) is 113 cm³/mol. The number of guanidine groups is 1. The number of likely N-dealkylation sites (tertiary alicyclic amines) is 1. The van der Waals surface area contributed by atoms with Crippen molar-refractivity contribution in [3.8, 4) is 0 Å². The second-order valence-electron chi connectivity index (χ2n) is 7.02. The lowest BCUT2D eigenvalue weighted by Gasteiger charge is -2.34. The molecule has 1 saturated heterocycles. The van der Waals surface area contributed by atoms with E-state index < -0.39 is 0 Å². The Morgan fingerprint density at radius 2 is 1.79 bits per heavy atom. The Bertz CT molecular complexity index is 338. The van der Waals surface area contributed by atoms with Gasteiger partial charge in [0.05, 0.1) is 6.10 Å². The fourth-order valence-corrected chi connectivity index (χ4v) is 3.94. The second-order valence-corrected chi connectivity index (χ2v) is 7.02. The molecule has 0 bridgehead atoms. The Balaban J connectivity index is 0.00000288. The molecule has 1 aliphatic carbocycles. The van der Waals surface area contributed by atoms with Gasteiger partial charge in [-0.25, -0.2) is 0 Å². The van der Waals surface area contributed by atoms with Crippen LogP contribution >= 0.6 is 24.0 Å². The third kappa shape index (κ3) is 7.89. The summed E-state index contributed by atoms with van der Waals surface area (Å²) in [6, 6.07) is 0. The summed E-state index contributed by atoms with van der Waals surface area (Å²) < 4.78 is 5.75. The Morgan fingerprint density at radius 1 is 1.08 bits per heavy atom. The molecule has 0 aromatic carbocycles. The summed E-state index contributed by atoms with van der Waals surface area (Å²) >= 11 is 0. The van der Waals surface area contributed by atoms with Crippen LogP contribution in [-0.2, 0) is 4.74 Å². The van der Waals surface area contributed by atoms with Crippen LogP contribution in [0, 0.1) is 5.92 Å². The van der Waals surface area contributed by atoms with Crippen molar-refractivity contribution in [2.24, 2.45) is 10.9 Å². The van der Waals surface area contributed by atoms with Gasteiger partial charge in [-0.1, -0.05) is 32.1 Å². The lowest BCUT2D eigenvalue weighted by molar-refractivity contribution is 0.0264. The van der Waals surface area contributed by atoms with Gasteiger partial charge in [0.1, 0.15) is 0 Å². The fraction of sp³-hybridized carbons (Fsp3) is 0.947. The number of nitrogens with one attached hydrogen (secondary N) is 1. The van der Waals surface area contributed by atoms with Gasteiger partial charge in [0.2, 0.25) is 0 Å². The van der Waals surface area contributed by atoms with E-state index in [0.29, 0.717) is 6.10 Å². The van der Waals surface area contributed by atoms with Crippen LogP contribution in [-0.4, -0.2) is 49.7 Å². The zero-order chi connectivity index (χ0) is 16.3. The molecule has 2 aliphatic rings. The van der Waals surface area contributed by atoms with E-state index in [1.54, 1.807) is 0 Å². The molecule has 0 atom stereocenters. The highest BCUT2D eigenvalue weighted by atomic mass is 127. The second kappa shape index (κ2) is 13.2. The van der Waals surface area contributed by atoms with E-state index in [4.69, 9.17) is 9.73 Å². The molecule has 0 amide bonds. The minimum Gasteiger partial charge on any atom is -0.378 e. The molecule has 4 nitrogen and oxygen atoms in total. The molecule has 2 fully saturated rings. The van der Waals surface area contributed by atoms with E-state index in [2.05, 4.69) is 24.1 Å². The largest absolute Gasteiger partial charge is 0.378 e.